The number of amides is 1. The van der Waals surface area contributed by atoms with E-state index >= 15 is 0 Å². The first-order chi connectivity index (χ1) is 9.71. The molecule has 1 amide bonds. The van der Waals surface area contributed by atoms with E-state index < -0.39 is 0 Å². The topological polar surface area (TPSA) is 35.6 Å². The van der Waals surface area contributed by atoms with E-state index in [-0.39, 0.29) is 0 Å². The van der Waals surface area contributed by atoms with Crippen LogP contribution in [0.1, 0.15) is 33.6 Å². The molecular formula is C15H31N3OS. The standard InChI is InChI=1S/C15H31N3OS/c1-4-17(5-2)9-7-10-18(6-3)15(19)12-14-13-20-11-8-16-14/h14,16H,4-13H2,1-3H3. The number of rotatable bonds is 9. The second kappa shape index (κ2) is 10.5. The summed E-state index contributed by atoms with van der Waals surface area (Å²) in [6.07, 6.45) is 1.74. The van der Waals surface area contributed by atoms with Crippen molar-refractivity contribution in [3.63, 3.8) is 0 Å². The van der Waals surface area contributed by atoms with Crippen LogP contribution >= 0.6 is 11.8 Å². The van der Waals surface area contributed by atoms with Gasteiger partial charge < -0.3 is 15.1 Å². The third-order valence-electron chi connectivity index (χ3n) is 3.95. The number of hydrogen-bond donors (Lipinski definition) is 1. The maximum absolute atomic E-state index is 12.3. The highest BCUT2D eigenvalue weighted by atomic mass is 32.2. The molecule has 1 N–H and O–H groups in total. The van der Waals surface area contributed by atoms with Gasteiger partial charge in [0.1, 0.15) is 0 Å². The Morgan fingerprint density at radius 1 is 1.20 bits per heavy atom. The van der Waals surface area contributed by atoms with Crippen molar-refractivity contribution < 1.29 is 4.79 Å². The summed E-state index contributed by atoms with van der Waals surface area (Å²) in [7, 11) is 0. The molecule has 1 unspecified atom stereocenters. The van der Waals surface area contributed by atoms with Crippen LogP contribution in [0.2, 0.25) is 0 Å². The Morgan fingerprint density at radius 3 is 2.50 bits per heavy atom. The zero-order chi connectivity index (χ0) is 14.8. The largest absolute Gasteiger partial charge is 0.343 e. The lowest BCUT2D eigenvalue weighted by atomic mass is 10.2. The molecule has 1 heterocycles. The van der Waals surface area contributed by atoms with Gasteiger partial charge >= 0.3 is 0 Å². The molecule has 1 aliphatic rings. The summed E-state index contributed by atoms with van der Waals surface area (Å²) in [5.41, 5.74) is 0. The van der Waals surface area contributed by atoms with Crippen LogP contribution in [-0.4, -0.2) is 72.5 Å². The van der Waals surface area contributed by atoms with Crippen LogP contribution in [0, 0.1) is 0 Å². The van der Waals surface area contributed by atoms with Crippen LogP contribution in [0.25, 0.3) is 0 Å². The first kappa shape index (κ1) is 17.8. The Bertz CT molecular complexity index is 266. The van der Waals surface area contributed by atoms with E-state index in [0.717, 1.165) is 51.4 Å². The Morgan fingerprint density at radius 2 is 1.95 bits per heavy atom. The van der Waals surface area contributed by atoms with Gasteiger partial charge in [0.15, 0.2) is 0 Å². The van der Waals surface area contributed by atoms with E-state index in [4.69, 9.17) is 0 Å². The predicted octanol–water partition coefficient (Wildman–Crippen LogP) is 1.66. The van der Waals surface area contributed by atoms with Gasteiger partial charge in [-0.3, -0.25) is 4.79 Å². The summed E-state index contributed by atoms with van der Waals surface area (Å²) in [5, 5.41) is 3.44. The third kappa shape index (κ3) is 6.46. The molecule has 0 bridgehead atoms. The highest BCUT2D eigenvalue weighted by molar-refractivity contribution is 7.99. The molecule has 0 aromatic heterocycles. The normalized spacial score (nSPS) is 19.3. The van der Waals surface area contributed by atoms with Gasteiger partial charge in [0.25, 0.3) is 0 Å². The van der Waals surface area contributed by atoms with Crippen molar-refractivity contribution in [2.24, 2.45) is 0 Å². The number of nitrogens with zero attached hydrogens (tertiary/aromatic N) is 2. The zero-order valence-electron chi connectivity index (χ0n) is 13.4. The molecule has 0 aromatic carbocycles. The summed E-state index contributed by atoms with van der Waals surface area (Å²) in [6.45, 7) is 12.5. The lowest BCUT2D eigenvalue weighted by molar-refractivity contribution is -0.131. The van der Waals surface area contributed by atoms with Crippen LogP contribution in [0.15, 0.2) is 0 Å². The van der Waals surface area contributed by atoms with Gasteiger partial charge in [-0.25, -0.2) is 0 Å². The third-order valence-corrected chi connectivity index (χ3v) is 5.08. The molecule has 4 nitrogen and oxygen atoms in total. The molecular weight excluding hydrogens is 270 g/mol. The highest BCUT2D eigenvalue weighted by Gasteiger charge is 2.20. The fourth-order valence-corrected chi connectivity index (χ4v) is 3.52. The Hall–Kier alpha value is -0.260. The Kier molecular flexibility index (Phi) is 9.31. The number of nitrogens with one attached hydrogen (secondary N) is 1. The van der Waals surface area contributed by atoms with Crippen molar-refractivity contribution in [3.8, 4) is 0 Å². The average molecular weight is 302 g/mol. The van der Waals surface area contributed by atoms with Crippen molar-refractivity contribution in [1.29, 1.82) is 0 Å². The smallest absolute Gasteiger partial charge is 0.224 e. The average Bonchev–Trinajstić information content (AvgIpc) is 2.48. The van der Waals surface area contributed by atoms with Gasteiger partial charge in [0.05, 0.1) is 0 Å². The molecule has 0 saturated carbocycles. The summed E-state index contributed by atoms with van der Waals surface area (Å²) in [4.78, 5) is 16.8. The number of thioether (sulfide) groups is 1. The lowest BCUT2D eigenvalue weighted by Gasteiger charge is -2.27. The number of carbonyl (C=O) groups excluding carboxylic acids is 1. The molecule has 1 atom stereocenters. The van der Waals surface area contributed by atoms with Gasteiger partial charge in [-0.2, -0.15) is 11.8 Å². The van der Waals surface area contributed by atoms with Crippen molar-refractivity contribution >= 4 is 17.7 Å². The molecule has 1 rings (SSSR count). The van der Waals surface area contributed by atoms with Gasteiger partial charge in [0, 0.05) is 43.6 Å². The monoisotopic (exact) mass is 301 g/mol. The molecule has 5 heteroatoms. The molecule has 0 aliphatic carbocycles. The maximum atomic E-state index is 12.3. The van der Waals surface area contributed by atoms with Crippen molar-refractivity contribution in [1.82, 2.24) is 15.1 Å². The molecule has 20 heavy (non-hydrogen) atoms. The molecule has 1 fully saturated rings. The van der Waals surface area contributed by atoms with Crippen LogP contribution in [-0.2, 0) is 4.79 Å². The van der Waals surface area contributed by atoms with Crippen molar-refractivity contribution in [3.05, 3.63) is 0 Å². The van der Waals surface area contributed by atoms with Crippen LogP contribution in [0.3, 0.4) is 0 Å². The first-order valence-corrected chi connectivity index (χ1v) is 9.17. The molecule has 0 aromatic rings. The van der Waals surface area contributed by atoms with Crippen LogP contribution in [0.4, 0.5) is 0 Å². The number of carbonyl (C=O) groups is 1. The molecule has 0 radical (unpaired) electrons. The van der Waals surface area contributed by atoms with E-state index in [1.54, 1.807) is 0 Å². The van der Waals surface area contributed by atoms with Crippen molar-refractivity contribution in [2.75, 3.05) is 50.8 Å². The fraction of sp³-hybridized carbons (Fsp3) is 0.933. The highest BCUT2D eigenvalue weighted by Crippen LogP contribution is 2.11. The lowest BCUT2D eigenvalue weighted by Crippen LogP contribution is -2.43. The minimum Gasteiger partial charge on any atom is -0.343 e. The van der Waals surface area contributed by atoms with E-state index in [1.807, 2.05) is 16.7 Å². The van der Waals surface area contributed by atoms with Gasteiger partial charge in [-0.05, 0) is 33.0 Å². The summed E-state index contributed by atoms with van der Waals surface area (Å²) >= 11 is 1.95. The molecule has 118 valence electrons. The van der Waals surface area contributed by atoms with Crippen LogP contribution < -0.4 is 5.32 Å². The fourth-order valence-electron chi connectivity index (χ4n) is 2.57. The van der Waals surface area contributed by atoms with E-state index in [1.165, 1.54) is 5.75 Å². The zero-order valence-corrected chi connectivity index (χ0v) is 14.2. The Labute approximate surface area is 128 Å². The SMILES string of the molecule is CCN(CC)CCCN(CC)C(=O)CC1CSCCN1. The van der Waals surface area contributed by atoms with E-state index in [0.29, 0.717) is 18.4 Å². The minimum atomic E-state index is 0.312. The molecule has 1 aliphatic heterocycles. The predicted molar refractivity (Wildman–Crippen MR) is 88.4 cm³/mol. The number of hydrogen-bond acceptors (Lipinski definition) is 4. The summed E-state index contributed by atoms with van der Waals surface area (Å²) in [5.74, 6) is 2.56. The second-order valence-corrected chi connectivity index (χ2v) is 6.43. The molecule has 0 spiro atoms. The summed E-state index contributed by atoms with van der Waals surface area (Å²) in [6, 6.07) is 0.373. The summed E-state index contributed by atoms with van der Waals surface area (Å²) < 4.78 is 0. The Balaban J connectivity index is 2.27. The van der Waals surface area contributed by atoms with Gasteiger partial charge in [-0.1, -0.05) is 13.8 Å². The second-order valence-electron chi connectivity index (χ2n) is 5.28. The maximum Gasteiger partial charge on any atom is 0.224 e. The molecule has 1 saturated heterocycles. The van der Waals surface area contributed by atoms with Gasteiger partial charge in [-0.15, -0.1) is 0 Å². The van der Waals surface area contributed by atoms with E-state index in [9.17, 15) is 4.79 Å². The minimum absolute atomic E-state index is 0.312. The van der Waals surface area contributed by atoms with Crippen molar-refractivity contribution in [2.45, 2.75) is 39.7 Å². The quantitative estimate of drug-likeness (QED) is 0.702. The first-order valence-electron chi connectivity index (χ1n) is 8.02. The van der Waals surface area contributed by atoms with Gasteiger partial charge in [0.2, 0.25) is 5.91 Å². The van der Waals surface area contributed by atoms with E-state index in [2.05, 4.69) is 31.0 Å². The van der Waals surface area contributed by atoms with Crippen LogP contribution in [0.5, 0.6) is 0 Å².